The van der Waals surface area contributed by atoms with Crippen molar-refractivity contribution in [2.24, 2.45) is 0 Å². The molecule has 6 nitrogen and oxygen atoms in total. The van der Waals surface area contributed by atoms with Gasteiger partial charge in [-0.2, -0.15) is 4.98 Å². The van der Waals surface area contributed by atoms with Crippen LogP contribution in [0.25, 0.3) is 0 Å². The van der Waals surface area contributed by atoms with Crippen molar-refractivity contribution in [3.8, 4) is 0 Å². The standard InChI is InChI=1S/C11H22N6/c1-5-7-17(8-6-2)11-13-9-12-10(14-11)15-16(3)4/h9H,5-8H2,1-4H3,(H,12,13,14,15). The van der Waals surface area contributed by atoms with Crippen LogP contribution in [0.1, 0.15) is 26.7 Å². The minimum absolute atomic E-state index is 0.581. The fourth-order valence-electron chi connectivity index (χ4n) is 1.55. The maximum absolute atomic E-state index is 4.40. The number of hydrogen-bond acceptors (Lipinski definition) is 6. The van der Waals surface area contributed by atoms with E-state index in [1.165, 1.54) is 0 Å². The summed E-state index contributed by atoms with van der Waals surface area (Å²) in [6.07, 6.45) is 3.72. The molecule has 0 fully saturated rings. The first-order valence-electron chi connectivity index (χ1n) is 6.05. The zero-order valence-electron chi connectivity index (χ0n) is 11.1. The Hall–Kier alpha value is -1.43. The van der Waals surface area contributed by atoms with E-state index in [1.807, 2.05) is 19.1 Å². The molecule has 0 radical (unpaired) electrons. The molecule has 0 aliphatic carbocycles. The molecule has 0 atom stereocenters. The molecule has 1 heterocycles. The Morgan fingerprint density at radius 3 is 2.29 bits per heavy atom. The summed E-state index contributed by atoms with van der Waals surface area (Å²) in [6, 6.07) is 0. The molecule has 96 valence electrons. The van der Waals surface area contributed by atoms with Gasteiger partial charge in [-0.25, -0.2) is 15.0 Å². The normalized spacial score (nSPS) is 10.6. The van der Waals surface area contributed by atoms with Gasteiger partial charge in [0.25, 0.3) is 0 Å². The van der Waals surface area contributed by atoms with Gasteiger partial charge in [0.2, 0.25) is 11.9 Å². The molecule has 0 aromatic carbocycles. The first-order valence-corrected chi connectivity index (χ1v) is 6.05. The lowest BCUT2D eigenvalue weighted by Crippen LogP contribution is -2.28. The molecule has 1 N–H and O–H groups in total. The van der Waals surface area contributed by atoms with Crippen molar-refractivity contribution >= 4 is 11.9 Å². The van der Waals surface area contributed by atoms with E-state index in [0.717, 1.165) is 31.9 Å². The van der Waals surface area contributed by atoms with E-state index in [0.29, 0.717) is 5.95 Å². The van der Waals surface area contributed by atoms with Crippen LogP contribution in [0.5, 0.6) is 0 Å². The molecule has 6 heteroatoms. The van der Waals surface area contributed by atoms with Crippen molar-refractivity contribution in [3.05, 3.63) is 6.33 Å². The lowest BCUT2D eigenvalue weighted by Gasteiger charge is -2.21. The smallest absolute Gasteiger partial charge is 0.242 e. The van der Waals surface area contributed by atoms with Crippen LogP contribution in [0, 0.1) is 0 Å². The SMILES string of the molecule is CCCN(CCC)c1ncnc(NN(C)C)n1. The first-order chi connectivity index (χ1) is 8.17. The van der Waals surface area contributed by atoms with Gasteiger partial charge >= 0.3 is 0 Å². The summed E-state index contributed by atoms with van der Waals surface area (Å²) in [5.74, 6) is 1.32. The molecule has 0 bridgehead atoms. The van der Waals surface area contributed by atoms with Crippen LogP contribution in [-0.4, -0.2) is 47.1 Å². The van der Waals surface area contributed by atoms with Crippen molar-refractivity contribution < 1.29 is 0 Å². The van der Waals surface area contributed by atoms with Crippen molar-refractivity contribution in [1.29, 1.82) is 0 Å². The van der Waals surface area contributed by atoms with Gasteiger partial charge in [-0.05, 0) is 12.8 Å². The van der Waals surface area contributed by atoms with Crippen molar-refractivity contribution in [2.75, 3.05) is 37.5 Å². The molecule has 0 saturated carbocycles. The highest BCUT2D eigenvalue weighted by Crippen LogP contribution is 2.09. The summed E-state index contributed by atoms with van der Waals surface area (Å²) in [7, 11) is 3.80. The van der Waals surface area contributed by atoms with E-state index in [-0.39, 0.29) is 0 Å². The van der Waals surface area contributed by atoms with E-state index < -0.39 is 0 Å². The Bertz CT molecular complexity index is 321. The van der Waals surface area contributed by atoms with Gasteiger partial charge in [0.15, 0.2) is 0 Å². The van der Waals surface area contributed by atoms with Gasteiger partial charge in [0, 0.05) is 27.2 Å². The average molecular weight is 238 g/mol. The first kappa shape index (κ1) is 13.6. The summed E-state index contributed by atoms with van der Waals surface area (Å²) < 4.78 is 0. The van der Waals surface area contributed by atoms with Crippen molar-refractivity contribution in [3.63, 3.8) is 0 Å². The number of rotatable bonds is 7. The predicted octanol–water partition coefficient (Wildman–Crippen LogP) is 1.39. The maximum Gasteiger partial charge on any atom is 0.242 e. The predicted molar refractivity (Wildman–Crippen MR) is 69.9 cm³/mol. The Morgan fingerprint density at radius 1 is 1.12 bits per heavy atom. The van der Waals surface area contributed by atoms with Gasteiger partial charge in [-0.15, -0.1) is 0 Å². The van der Waals surface area contributed by atoms with Crippen LogP contribution in [0.2, 0.25) is 0 Å². The highest BCUT2D eigenvalue weighted by Gasteiger charge is 2.09. The van der Waals surface area contributed by atoms with Crippen molar-refractivity contribution in [2.45, 2.75) is 26.7 Å². The van der Waals surface area contributed by atoms with Crippen LogP contribution in [0.15, 0.2) is 6.33 Å². The quantitative estimate of drug-likeness (QED) is 0.724. The Kier molecular flexibility index (Phi) is 5.62. The monoisotopic (exact) mass is 238 g/mol. The Balaban J connectivity index is 2.79. The molecule has 0 aliphatic heterocycles. The lowest BCUT2D eigenvalue weighted by molar-refractivity contribution is 0.488. The molecule has 0 aliphatic rings. The van der Waals surface area contributed by atoms with Gasteiger partial charge in [-0.3, -0.25) is 5.43 Å². The third-order valence-electron chi connectivity index (χ3n) is 2.15. The molecule has 1 aromatic heterocycles. The second kappa shape index (κ2) is 7.01. The molecule has 17 heavy (non-hydrogen) atoms. The zero-order valence-corrected chi connectivity index (χ0v) is 11.1. The van der Waals surface area contributed by atoms with Gasteiger partial charge in [-0.1, -0.05) is 13.8 Å². The molecule has 0 spiro atoms. The maximum atomic E-state index is 4.40. The van der Waals surface area contributed by atoms with Crippen LogP contribution >= 0.6 is 0 Å². The minimum atomic E-state index is 0.581. The summed E-state index contributed by atoms with van der Waals surface area (Å²) >= 11 is 0. The fraction of sp³-hybridized carbons (Fsp3) is 0.727. The number of hydrogen-bond donors (Lipinski definition) is 1. The number of hydrazine groups is 1. The lowest BCUT2D eigenvalue weighted by atomic mass is 10.4. The number of nitrogens with zero attached hydrogens (tertiary/aromatic N) is 5. The number of anilines is 2. The van der Waals surface area contributed by atoms with E-state index >= 15 is 0 Å². The fourth-order valence-corrected chi connectivity index (χ4v) is 1.55. The summed E-state index contributed by atoms with van der Waals surface area (Å²) in [4.78, 5) is 14.9. The van der Waals surface area contributed by atoms with Crippen LogP contribution in [0.4, 0.5) is 11.9 Å². The molecule has 1 aromatic rings. The minimum Gasteiger partial charge on any atom is -0.341 e. The van der Waals surface area contributed by atoms with Crippen LogP contribution < -0.4 is 10.3 Å². The number of aromatic nitrogens is 3. The van der Waals surface area contributed by atoms with Gasteiger partial charge < -0.3 is 4.90 Å². The second-order valence-electron chi connectivity index (χ2n) is 4.10. The number of nitrogens with one attached hydrogen (secondary N) is 1. The van der Waals surface area contributed by atoms with Gasteiger partial charge in [0.1, 0.15) is 6.33 Å². The summed E-state index contributed by atoms with van der Waals surface area (Å²) in [6.45, 7) is 6.25. The van der Waals surface area contributed by atoms with Crippen LogP contribution in [0.3, 0.4) is 0 Å². The highest BCUT2D eigenvalue weighted by atomic mass is 15.5. The molecule has 0 unspecified atom stereocenters. The largest absolute Gasteiger partial charge is 0.341 e. The van der Waals surface area contributed by atoms with Crippen LogP contribution in [-0.2, 0) is 0 Å². The van der Waals surface area contributed by atoms with E-state index in [9.17, 15) is 0 Å². The van der Waals surface area contributed by atoms with E-state index in [4.69, 9.17) is 0 Å². The van der Waals surface area contributed by atoms with Crippen molar-refractivity contribution in [1.82, 2.24) is 20.0 Å². The Labute approximate surface area is 103 Å². The summed E-state index contributed by atoms with van der Waals surface area (Å²) in [5.41, 5.74) is 3.03. The molecular weight excluding hydrogens is 216 g/mol. The average Bonchev–Trinajstić information content (AvgIpc) is 2.28. The molecule has 1 rings (SSSR count). The molecule has 0 amide bonds. The Morgan fingerprint density at radius 2 is 1.76 bits per heavy atom. The summed E-state index contributed by atoms with van der Waals surface area (Å²) in [5, 5.41) is 1.81. The topological polar surface area (TPSA) is 57.2 Å². The van der Waals surface area contributed by atoms with E-state index in [1.54, 1.807) is 6.33 Å². The highest BCUT2D eigenvalue weighted by molar-refractivity contribution is 5.34. The molecule has 0 saturated heterocycles. The molecular formula is C11H22N6. The zero-order chi connectivity index (χ0) is 12.7. The third-order valence-corrected chi connectivity index (χ3v) is 2.15. The third kappa shape index (κ3) is 4.52. The van der Waals surface area contributed by atoms with Gasteiger partial charge in [0.05, 0.1) is 0 Å². The second-order valence-corrected chi connectivity index (χ2v) is 4.10. The van der Waals surface area contributed by atoms with E-state index in [2.05, 4.69) is 39.1 Å².